The Morgan fingerprint density at radius 1 is 1.38 bits per heavy atom. The number of halogens is 1. The van der Waals surface area contributed by atoms with Gasteiger partial charge in [0.1, 0.15) is 23.8 Å². The number of carbonyl (C=O) groups excluding carboxylic acids is 1. The third-order valence-electron chi connectivity index (χ3n) is 2.05. The number of hydrogen-bond donors (Lipinski definition) is 0. The Hall–Kier alpha value is -2.11. The number of carbonyl (C=O) groups is 1. The quantitative estimate of drug-likeness (QED) is 0.724. The molecule has 0 amide bonds. The average Bonchev–Trinajstić information content (AvgIpc) is 2.74. The number of rotatable bonds is 4. The van der Waals surface area contributed by atoms with E-state index >= 15 is 0 Å². The van der Waals surface area contributed by atoms with Crippen molar-refractivity contribution >= 4 is 6.29 Å². The second-order valence-electron chi connectivity index (χ2n) is 3.08. The summed E-state index contributed by atoms with van der Waals surface area (Å²) in [5.41, 5.74) is 1.41. The summed E-state index contributed by atoms with van der Waals surface area (Å²) in [6.45, 7) is -0.503. The van der Waals surface area contributed by atoms with Gasteiger partial charge < -0.3 is 0 Å². The van der Waals surface area contributed by atoms with Gasteiger partial charge in [-0.1, -0.05) is 0 Å². The molecular weight excluding hydrogens is 211 g/mol. The van der Waals surface area contributed by atoms with Crippen molar-refractivity contribution < 1.29 is 9.18 Å². The number of aldehydes is 1. The van der Waals surface area contributed by atoms with Crippen LogP contribution in [-0.2, 0) is 6.54 Å². The SMILES string of the molecule is O=Cc1cc(-c2cnccn2)nn1CCF. The molecule has 0 saturated carbocycles. The minimum Gasteiger partial charge on any atom is -0.296 e. The molecule has 0 aliphatic heterocycles. The van der Waals surface area contributed by atoms with Crippen molar-refractivity contribution in [2.24, 2.45) is 0 Å². The maximum atomic E-state index is 12.2. The molecule has 0 aromatic carbocycles. The van der Waals surface area contributed by atoms with Crippen LogP contribution in [-0.4, -0.2) is 32.7 Å². The molecule has 0 saturated heterocycles. The van der Waals surface area contributed by atoms with Gasteiger partial charge in [-0.25, -0.2) is 4.39 Å². The summed E-state index contributed by atoms with van der Waals surface area (Å²) in [5.74, 6) is 0. The minimum atomic E-state index is -0.567. The summed E-state index contributed by atoms with van der Waals surface area (Å²) in [5, 5.41) is 4.08. The first-order chi connectivity index (χ1) is 7.85. The van der Waals surface area contributed by atoms with Gasteiger partial charge in [0.15, 0.2) is 6.29 Å². The molecule has 0 fully saturated rings. The van der Waals surface area contributed by atoms with Crippen LogP contribution in [0.3, 0.4) is 0 Å². The van der Waals surface area contributed by atoms with E-state index in [2.05, 4.69) is 15.1 Å². The van der Waals surface area contributed by atoms with Crippen LogP contribution in [0.2, 0.25) is 0 Å². The van der Waals surface area contributed by atoms with Crippen molar-refractivity contribution in [3.05, 3.63) is 30.4 Å². The third-order valence-corrected chi connectivity index (χ3v) is 2.05. The molecule has 0 unspecified atom stereocenters. The lowest BCUT2D eigenvalue weighted by Gasteiger charge is -1.97. The summed E-state index contributed by atoms with van der Waals surface area (Å²) < 4.78 is 13.5. The van der Waals surface area contributed by atoms with Gasteiger partial charge in [-0.3, -0.25) is 19.4 Å². The van der Waals surface area contributed by atoms with Gasteiger partial charge in [-0.15, -0.1) is 0 Å². The second kappa shape index (κ2) is 4.61. The van der Waals surface area contributed by atoms with Crippen LogP contribution in [0.5, 0.6) is 0 Å². The molecule has 2 aromatic rings. The zero-order valence-electron chi connectivity index (χ0n) is 8.38. The van der Waals surface area contributed by atoms with E-state index in [1.165, 1.54) is 17.1 Å². The number of aromatic nitrogens is 4. The highest BCUT2D eigenvalue weighted by Crippen LogP contribution is 2.14. The van der Waals surface area contributed by atoms with Crippen molar-refractivity contribution in [1.82, 2.24) is 19.7 Å². The lowest BCUT2D eigenvalue weighted by molar-refractivity contribution is 0.111. The van der Waals surface area contributed by atoms with Gasteiger partial charge in [0.25, 0.3) is 0 Å². The van der Waals surface area contributed by atoms with E-state index in [0.717, 1.165) is 0 Å². The molecule has 6 heteroatoms. The fourth-order valence-electron chi connectivity index (χ4n) is 1.34. The van der Waals surface area contributed by atoms with Gasteiger partial charge >= 0.3 is 0 Å². The lowest BCUT2D eigenvalue weighted by atomic mass is 10.3. The fraction of sp³-hybridized carbons (Fsp3) is 0.200. The third kappa shape index (κ3) is 1.95. The zero-order valence-corrected chi connectivity index (χ0v) is 8.38. The number of hydrogen-bond acceptors (Lipinski definition) is 4. The normalized spacial score (nSPS) is 10.3. The molecule has 0 spiro atoms. The Kier molecular flexibility index (Phi) is 3.00. The first kappa shape index (κ1) is 10.4. The topological polar surface area (TPSA) is 60.7 Å². The van der Waals surface area contributed by atoms with E-state index in [0.29, 0.717) is 23.4 Å². The van der Waals surface area contributed by atoms with Crippen LogP contribution in [0.1, 0.15) is 10.5 Å². The molecule has 0 bridgehead atoms. The standard InChI is InChI=1S/C10H9FN4O/c11-1-4-15-8(7-16)5-9(14-15)10-6-12-2-3-13-10/h2-3,5-7H,1,4H2. The average molecular weight is 220 g/mol. The molecule has 0 N–H and O–H groups in total. The van der Waals surface area contributed by atoms with Crippen molar-refractivity contribution in [1.29, 1.82) is 0 Å². The molecule has 0 atom stereocenters. The molecule has 16 heavy (non-hydrogen) atoms. The Labute approximate surface area is 91.0 Å². The van der Waals surface area contributed by atoms with E-state index in [1.54, 1.807) is 12.3 Å². The molecular formula is C10H9FN4O. The molecule has 0 radical (unpaired) electrons. The maximum absolute atomic E-state index is 12.2. The fourth-order valence-corrected chi connectivity index (χ4v) is 1.34. The number of nitrogens with zero attached hydrogens (tertiary/aromatic N) is 4. The highest BCUT2D eigenvalue weighted by molar-refractivity contribution is 5.75. The predicted octanol–water partition coefficient (Wildman–Crippen LogP) is 1.12. The Bertz CT molecular complexity index is 483. The van der Waals surface area contributed by atoms with Gasteiger partial charge in [0.05, 0.1) is 12.7 Å². The van der Waals surface area contributed by atoms with E-state index < -0.39 is 6.67 Å². The van der Waals surface area contributed by atoms with Gasteiger partial charge in [-0.2, -0.15) is 5.10 Å². The smallest absolute Gasteiger partial charge is 0.168 e. The highest BCUT2D eigenvalue weighted by atomic mass is 19.1. The van der Waals surface area contributed by atoms with Crippen molar-refractivity contribution in [2.75, 3.05) is 6.67 Å². The lowest BCUT2D eigenvalue weighted by Crippen LogP contribution is -2.05. The predicted molar refractivity (Wildman–Crippen MR) is 54.6 cm³/mol. The van der Waals surface area contributed by atoms with Crippen LogP contribution in [0.15, 0.2) is 24.7 Å². The first-order valence-electron chi connectivity index (χ1n) is 4.70. The Balaban J connectivity index is 2.40. The zero-order chi connectivity index (χ0) is 11.4. The van der Waals surface area contributed by atoms with Crippen LogP contribution in [0.4, 0.5) is 4.39 Å². The molecule has 2 aromatic heterocycles. The first-order valence-corrected chi connectivity index (χ1v) is 4.70. The van der Waals surface area contributed by atoms with E-state index in [9.17, 15) is 9.18 Å². The summed E-state index contributed by atoms with van der Waals surface area (Å²) in [6.07, 6.45) is 5.26. The van der Waals surface area contributed by atoms with Gasteiger partial charge in [0, 0.05) is 12.4 Å². The number of alkyl halides is 1. The highest BCUT2D eigenvalue weighted by Gasteiger charge is 2.09. The largest absolute Gasteiger partial charge is 0.296 e. The van der Waals surface area contributed by atoms with Crippen LogP contribution >= 0.6 is 0 Å². The van der Waals surface area contributed by atoms with Gasteiger partial charge in [0.2, 0.25) is 0 Å². The Morgan fingerprint density at radius 2 is 2.25 bits per heavy atom. The summed E-state index contributed by atoms with van der Waals surface area (Å²) in [7, 11) is 0. The van der Waals surface area contributed by atoms with E-state index in [1.807, 2.05) is 0 Å². The monoisotopic (exact) mass is 220 g/mol. The second-order valence-corrected chi connectivity index (χ2v) is 3.08. The van der Waals surface area contributed by atoms with Crippen LogP contribution in [0, 0.1) is 0 Å². The molecule has 82 valence electrons. The number of aryl methyl sites for hydroxylation is 1. The molecule has 0 aliphatic rings. The van der Waals surface area contributed by atoms with E-state index in [4.69, 9.17) is 0 Å². The van der Waals surface area contributed by atoms with Crippen molar-refractivity contribution in [2.45, 2.75) is 6.54 Å². The maximum Gasteiger partial charge on any atom is 0.168 e. The minimum absolute atomic E-state index is 0.0638. The molecule has 2 heterocycles. The molecule has 5 nitrogen and oxygen atoms in total. The Morgan fingerprint density at radius 3 is 2.88 bits per heavy atom. The molecule has 0 aliphatic carbocycles. The summed E-state index contributed by atoms with van der Waals surface area (Å²) in [6, 6.07) is 1.56. The van der Waals surface area contributed by atoms with Crippen LogP contribution < -0.4 is 0 Å². The summed E-state index contributed by atoms with van der Waals surface area (Å²) >= 11 is 0. The van der Waals surface area contributed by atoms with Crippen molar-refractivity contribution in [3.8, 4) is 11.4 Å². The molecule has 2 rings (SSSR count). The van der Waals surface area contributed by atoms with Crippen molar-refractivity contribution in [3.63, 3.8) is 0 Å². The van der Waals surface area contributed by atoms with Gasteiger partial charge in [-0.05, 0) is 6.07 Å². The van der Waals surface area contributed by atoms with Crippen LogP contribution in [0.25, 0.3) is 11.4 Å². The van der Waals surface area contributed by atoms with E-state index in [-0.39, 0.29) is 6.54 Å². The summed E-state index contributed by atoms with van der Waals surface area (Å²) in [4.78, 5) is 18.7.